The Kier molecular flexibility index (Phi) is 7.01. The van der Waals surface area contributed by atoms with Gasteiger partial charge in [-0.3, -0.25) is 16.2 Å². The lowest BCUT2D eigenvalue weighted by atomic mass is 10.1. The maximum absolute atomic E-state index is 7.43. The highest BCUT2D eigenvalue weighted by Gasteiger charge is 2.03. The highest BCUT2D eigenvalue weighted by molar-refractivity contribution is 5.95. The predicted molar refractivity (Wildman–Crippen MR) is 127 cm³/mol. The Balaban J connectivity index is 1.83. The fraction of sp³-hybridized carbons (Fsp3) is 0.0435. The van der Waals surface area contributed by atoms with Gasteiger partial charge >= 0.3 is 0 Å². The number of nitrogens with two attached hydrogens (primary N) is 2. The van der Waals surface area contributed by atoms with Crippen LogP contribution in [0.5, 0.6) is 5.75 Å². The van der Waals surface area contributed by atoms with E-state index in [9.17, 15) is 0 Å². The Labute approximate surface area is 185 Å². The Bertz CT molecular complexity index is 1210. The van der Waals surface area contributed by atoms with Crippen LogP contribution in [0.15, 0.2) is 77.1 Å². The van der Waals surface area contributed by atoms with Gasteiger partial charge in [0.15, 0.2) is 5.96 Å². The van der Waals surface area contributed by atoms with E-state index in [2.05, 4.69) is 32.9 Å². The molecule has 0 saturated heterocycles. The quantitative estimate of drug-likeness (QED) is 0.116. The molecule has 0 heterocycles. The molecule has 0 aromatic heterocycles. The fourth-order valence-electron chi connectivity index (χ4n) is 2.64. The van der Waals surface area contributed by atoms with Gasteiger partial charge in [-0.15, -0.1) is 5.11 Å². The van der Waals surface area contributed by atoms with Crippen LogP contribution >= 0.6 is 0 Å². The topological polar surface area (TPSA) is 158 Å². The molecule has 0 bridgehead atoms. The molecule has 0 aliphatic rings. The average Bonchev–Trinajstić information content (AvgIpc) is 2.79. The fourth-order valence-corrected chi connectivity index (χ4v) is 2.64. The van der Waals surface area contributed by atoms with E-state index < -0.39 is 0 Å². The second kappa shape index (κ2) is 10.3. The van der Waals surface area contributed by atoms with Gasteiger partial charge in [-0.05, 0) is 66.7 Å². The van der Waals surface area contributed by atoms with Gasteiger partial charge in [0, 0.05) is 16.8 Å². The van der Waals surface area contributed by atoms with E-state index in [0.717, 1.165) is 11.3 Å². The molecule has 32 heavy (non-hydrogen) atoms. The zero-order valence-electron chi connectivity index (χ0n) is 17.3. The summed E-state index contributed by atoms with van der Waals surface area (Å²) in [5.74, 6) is 6.78. The van der Waals surface area contributed by atoms with E-state index in [-0.39, 0.29) is 11.8 Å². The summed E-state index contributed by atoms with van der Waals surface area (Å²) >= 11 is 0. The molecule has 9 nitrogen and oxygen atoms in total. The van der Waals surface area contributed by atoms with Gasteiger partial charge in [-0.1, -0.05) is 17.1 Å². The molecule has 8 N–H and O–H groups in total. The van der Waals surface area contributed by atoms with Crippen molar-refractivity contribution in [3.63, 3.8) is 0 Å². The zero-order chi connectivity index (χ0) is 22.9. The zero-order valence-corrected chi connectivity index (χ0v) is 17.3. The lowest BCUT2D eigenvalue weighted by molar-refractivity contribution is 0.415. The number of hydrogen-bond acceptors (Lipinski definition) is 5. The Morgan fingerprint density at radius 2 is 1.66 bits per heavy atom. The van der Waals surface area contributed by atoms with Crippen molar-refractivity contribution >= 4 is 28.9 Å². The summed E-state index contributed by atoms with van der Waals surface area (Å²) in [5.41, 5.74) is 17.7. The summed E-state index contributed by atoms with van der Waals surface area (Å²) in [5, 5.41) is 25.8. The number of hydrogen-bond donors (Lipinski definition) is 6. The van der Waals surface area contributed by atoms with E-state index in [1.165, 1.54) is 0 Å². The molecule has 0 unspecified atom stereocenters. The normalized spacial score (nSPS) is 10.2. The second-order valence-electron chi connectivity index (χ2n) is 6.55. The lowest BCUT2D eigenvalue weighted by Crippen LogP contribution is -2.20. The highest BCUT2D eigenvalue weighted by atomic mass is 16.5. The summed E-state index contributed by atoms with van der Waals surface area (Å²) in [6, 6.07) is 19.5. The van der Waals surface area contributed by atoms with Crippen molar-refractivity contribution in [3.8, 4) is 17.6 Å². The highest BCUT2D eigenvalue weighted by Crippen LogP contribution is 2.22. The van der Waals surface area contributed by atoms with E-state index in [4.69, 9.17) is 27.0 Å². The van der Waals surface area contributed by atoms with E-state index >= 15 is 0 Å². The molecule has 0 aliphatic carbocycles. The summed E-state index contributed by atoms with van der Waals surface area (Å²) in [6.45, 7) is 0. The van der Waals surface area contributed by atoms with Gasteiger partial charge in [0.2, 0.25) is 0 Å². The van der Waals surface area contributed by atoms with Crippen molar-refractivity contribution in [2.24, 2.45) is 21.8 Å². The van der Waals surface area contributed by atoms with Crippen LogP contribution < -0.4 is 26.9 Å². The SMILES string of the molecule is COc1ccc(C#Cc2ccc(NC(=N)N)cc2N/N=N/c2ccc(C(=N)N)cc2)cc1. The Morgan fingerprint density at radius 3 is 2.28 bits per heavy atom. The Hall–Kier alpha value is -4.84. The maximum Gasteiger partial charge on any atom is 0.190 e. The van der Waals surface area contributed by atoms with Gasteiger partial charge in [-0.25, -0.2) is 0 Å². The van der Waals surface area contributed by atoms with Crippen LogP contribution in [-0.4, -0.2) is 18.9 Å². The number of nitrogens with zero attached hydrogens (tertiary/aromatic N) is 2. The van der Waals surface area contributed by atoms with Crippen molar-refractivity contribution in [2.45, 2.75) is 0 Å². The molecule has 9 heteroatoms. The van der Waals surface area contributed by atoms with Crippen molar-refractivity contribution in [3.05, 3.63) is 83.4 Å². The minimum absolute atomic E-state index is 0.0125. The molecule has 0 fully saturated rings. The van der Waals surface area contributed by atoms with Crippen LogP contribution in [-0.2, 0) is 0 Å². The standard InChI is InChI=1S/C23H22N8O/c1-32-20-12-3-15(4-13-20)2-5-16-6-11-19(28-23(26)27)14-21(16)30-31-29-18-9-7-17(8-10-18)22(24)25/h3-4,6-14H,1H3,(H3,24,25)(H,29,30)(H4,26,27,28). The molecular formula is C23H22N8O. The lowest BCUT2D eigenvalue weighted by Gasteiger charge is -2.08. The first-order valence-corrected chi connectivity index (χ1v) is 9.47. The van der Waals surface area contributed by atoms with Crippen LogP contribution in [0.1, 0.15) is 16.7 Å². The molecule has 3 rings (SSSR count). The predicted octanol–water partition coefficient (Wildman–Crippen LogP) is 3.80. The molecule has 0 aliphatic heterocycles. The number of anilines is 2. The molecular weight excluding hydrogens is 404 g/mol. The average molecular weight is 426 g/mol. The Morgan fingerprint density at radius 1 is 0.938 bits per heavy atom. The van der Waals surface area contributed by atoms with Gasteiger partial charge < -0.3 is 21.5 Å². The number of nitrogen functional groups attached to an aromatic ring is 1. The number of rotatable bonds is 6. The van der Waals surface area contributed by atoms with Crippen molar-refractivity contribution in [1.29, 1.82) is 10.8 Å². The van der Waals surface area contributed by atoms with Crippen LogP contribution in [0.25, 0.3) is 0 Å². The van der Waals surface area contributed by atoms with Crippen molar-refractivity contribution in [2.75, 3.05) is 17.9 Å². The third kappa shape index (κ3) is 6.08. The number of amidine groups is 1. The van der Waals surface area contributed by atoms with E-state index in [1.54, 1.807) is 49.6 Å². The summed E-state index contributed by atoms with van der Waals surface area (Å²) in [4.78, 5) is 0. The van der Waals surface area contributed by atoms with E-state index in [1.807, 2.05) is 24.3 Å². The van der Waals surface area contributed by atoms with Crippen LogP contribution in [0.4, 0.5) is 17.1 Å². The smallest absolute Gasteiger partial charge is 0.190 e. The van der Waals surface area contributed by atoms with Crippen molar-refractivity contribution in [1.82, 2.24) is 0 Å². The molecule has 0 saturated carbocycles. The first-order chi connectivity index (χ1) is 15.4. The molecule has 160 valence electrons. The summed E-state index contributed by atoms with van der Waals surface area (Å²) in [7, 11) is 1.61. The third-order valence-electron chi connectivity index (χ3n) is 4.24. The number of nitrogens with one attached hydrogen (secondary N) is 4. The number of ether oxygens (including phenoxy) is 1. The minimum Gasteiger partial charge on any atom is -0.497 e. The van der Waals surface area contributed by atoms with Gasteiger partial charge in [-0.2, -0.15) is 0 Å². The van der Waals surface area contributed by atoms with Crippen LogP contribution in [0.2, 0.25) is 0 Å². The van der Waals surface area contributed by atoms with Gasteiger partial charge in [0.1, 0.15) is 11.6 Å². The molecule has 0 radical (unpaired) electrons. The van der Waals surface area contributed by atoms with Gasteiger partial charge in [0.05, 0.1) is 24.0 Å². The molecule has 0 atom stereocenters. The summed E-state index contributed by atoms with van der Waals surface area (Å²) < 4.78 is 5.16. The molecule has 0 spiro atoms. The number of benzene rings is 3. The van der Waals surface area contributed by atoms with E-state index in [0.29, 0.717) is 28.2 Å². The number of methoxy groups -OCH3 is 1. The maximum atomic E-state index is 7.43. The first-order valence-electron chi connectivity index (χ1n) is 9.47. The minimum atomic E-state index is -0.180. The molecule has 3 aromatic rings. The summed E-state index contributed by atoms with van der Waals surface area (Å²) in [6.07, 6.45) is 0. The first kappa shape index (κ1) is 21.9. The van der Waals surface area contributed by atoms with Crippen LogP contribution in [0.3, 0.4) is 0 Å². The molecule has 0 amide bonds. The van der Waals surface area contributed by atoms with Gasteiger partial charge in [0.25, 0.3) is 0 Å². The van der Waals surface area contributed by atoms with Crippen molar-refractivity contribution < 1.29 is 4.74 Å². The molecule has 3 aromatic carbocycles. The third-order valence-corrected chi connectivity index (χ3v) is 4.24. The largest absolute Gasteiger partial charge is 0.497 e. The number of guanidine groups is 1. The van der Waals surface area contributed by atoms with Crippen LogP contribution in [0, 0.1) is 22.7 Å². The second-order valence-corrected chi connectivity index (χ2v) is 6.55. The monoisotopic (exact) mass is 426 g/mol.